The molecule has 2 unspecified atom stereocenters. The Hall–Kier alpha value is -1.59. The smallest absolute Gasteiger partial charge is 0.193 e. The molecule has 0 radical (unpaired) electrons. The summed E-state index contributed by atoms with van der Waals surface area (Å²) in [5, 5.41) is 3.45. The van der Waals surface area contributed by atoms with Crippen molar-refractivity contribution in [1.82, 2.24) is 10.2 Å². The van der Waals surface area contributed by atoms with E-state index < -0.39 is 0 Å². The van der Waals surface area contributed by atoms with E-state index in [9.17, 15) is 0 Å². The Labute approximate surface area is 170 Å². The van der Waals surface area contributed by atoms with Crippen LogP contribution in [0.4, 0.5) is 0 Å². The average molecular weight is 388 g/mol. The maximum atomic E-state index is 6.22. The molecule has 156 valence electrons. The Kier molecular flexibility index (Phi) is 8.62. The van der Waals surface area contributed by atoms with E-state index in [0.29, 0.717) is 5.92 Å². The molecule has 1 aromatic carbocycles. The van der Waals surface area contributed by atoms with Gasteiger partial charge in [0.15, 0.2) is 5.96 Å². The fraction of sp³-hybridized carbons (Fsp3) is 0.696. The lowest BCUT2D eigenvalue weighted by atomic mass is 9.89. The summed E-state index contributed by atoms with van der Waals surface area (Å²) in [6.07, 6.45) is 5.96. The largest absolute Gasteiger partial charge is 0.381 e. The van der Waals surface area contributed by atoms with Gasteiger partial charge in [-0.15, -0.1) is 0 Å². The van der Waals surface area contributed by atoms with Crippen molar-refractivity contribution in [2.24, 2.45) is 10.9 Å². The minimum Gasteiger partial charge on any atom is -0.381 e. The second-order valence-electron chi connectivity index (χ2n) is 7.80. The summed E-state index contributed by atoms with van der Waals surface area (Å²) < 4.78 is 11.8. The zero-order valence-electron chi connectivity index (χ0n) is 17.7. The molecule has 5 nitrogen and oxygen atoms in total. The molecule has 1 aliphatic heterocycles. The van der Waals surface area contributed by atoms with Gasteiger partial charge < -0.3 is 19.7 Å². The van der Waals surface area contributed by atoms with E-state index in [-0.39, 0.29) is 6.10 Å². The lowest BCUT2D eigenvalue weighted by Gasteiger charge is -2.25. The Morgan fingerprint density at radius 1 is 1.25 bits per heavy atom. The monoisotopic (exact) mass is 387 g/mol. The molecule has 2 aliphatic rings. The van der Waals surface area contributed by atoms with Crippen molar-refractivity contribution >= 4 is 5.96 Å². The van der Waals surface area contributed by atoms with E-state index in [1.54, 1.807) is 0 Å². The molecular formula is C23H37N3O2. The lowest BCUT2D eigenvalue weighted by molar-refractivity contribution is 0.0402. The molecule has 0 bridgehead atoms. The van der Waals surface area contributed by atoms with Crippen LogP contribution in [0.15, 0.2) is 29.3 Å². The van der Waals surface area contributed by atoms with Crippen molar-refractivity contribution in [3.63, 3.8) is 0 Å². The number of aliphatic imine (C=N–C) groups is 1. The molecule has 1 N–H and O–H groups in total. The number of benzene rings is 1. The summed E-state index contributed by atoms with van der Waals surface area (Å²) in [4.78, 5) is 7.23. The fourth-order valence-corrected chi connectivity index (χ4v) is 4.23. The molecule has 28 heavy (non-hydrogen) atoms. The molecule has 0 saturated carbocycles. The van der Waals surface area contributed by atoms with Gasteiger partial charge in [-0.1, -0.05) is 24.3 Å². The molecule has 1 fully saturated rings. The number of guanidine groups is 1. The summed E-state index contributed by atoms with van der Waals surface area (Å²) in [6, 6.07) is 8.73. The SMILES string of the molecule is CCNC(=NCCCOC1CCCc2ccccc21)N1CCC(COCC)C1. The van der Waals surface area contributed by atoms with Crippen LogP contribution in [-0.4, -0.2) is 56.9 Å². The van der Waals surface area contributed by atoms with Gasteiger partial charge in [0.1, 0.15) is 0 Å². The van der Waals surface area contributed by atoms with Crippen LogP contribution in [0.2, 0.25) is 0 Å². The molecule has 0 amide bonds. The van der Waals surface area contributed by atoms with E-state index in [0.717, 1.165) is 64.8 Å². The number of likely N-dealkylation sites (tertiary alicyclic amines) is 1. The number of ether oxygens (including phenoxy) is 2. The Morgan fingerprint density at radius 2 is 2.14 bits per heavy atom. The van der Waals surface area contributed by atoms with Gasteiger partial charge in [-0.25, -0.2) is 0 Å². The normalized spacial score (nSPS) is 22.4. The van der Waals surface area contributed by atoms with E-state index >= 15 is 0 Å². The quantitative estimate of drug-likeness (QED) is 0.398. The van der Waals surface area contributed by atoms with Gasteiger partial charge in [0, 0.05) is 45.3 Å². The Bertz CT molecular complexity index is 620. The maximum Gasteiger partial charge on any atom is 0.193 e. The molecule has 1 aromatic rings. The first kappa shape index (κ1) is 21.1. The number of aryl methyl sites for hydroxylation is 1. The van der Waals surface area contributed by atoms with Crippen LogP contribution in [0.3, 0.4) is 0 Å². The molecule has 0 aromatic heterocycles. The number of nitrogens with one attached hydrogen (secondary N) is 1. The van der Waals surface area contributed by atoms with Crippen molar-refractivity contribution in [3.05, 3.63) is 35.4 Å². The van der Waals surface area contributed by atoms with Gasteiger partial charge in [-0.3, -0.25) is 4.99 Å². The maximum absolute atomic E-state index is 6.22. The highest BCUT2D eigenvalue weighted by Gasteiger charge is 2.25. The standard InChI is InChI=1S/C23H37N3O2/c1-3-24-23(26-15-13-19(17-26)18-27-4-2)25-14-8-16-28-22-12-7-10-20-9-5-6-11-21(20)22/h5-6,9,11,19,22H,3-4,7-8,10,12-18H2,1-2H3,(H,24,25). The molecule has 2 atom stereocenters. The van der Waals surface area contributed by atoms with E-state index in [4.69, 9.17) is 14.5 Å². The fourth-order valence-electron chi connectivity index (χ4n) is 4.23. The zero-order chi connectivity index (χ0) is 19.6. The van der Waals surface area contributed by atoms with Crippen LogP contribution in [0.1, 0.15) is 56.8 Å². The first-order valence-electron chi connectivity index (χ1n) is 11.1. The number of hydrogen-bond acceptors (Lipinski definition) is 3. The highest BCUT2D eigenvalue weighted by Crippen LogP contribution is 2.32. The summed E-state index contributed by atoms with van der Waals surface area (Å²) in [5.41, 5.74) is 2.85. The third kappa shape index (κ3) is 5.95. The van der Waals surface area contributed by atoms with E-state index in [1.807, 2.05) is 0 Å². The first-order valence-corrected chi connectivity index (χ1v) is 11.1. The van der Waals surface area contributed by atoms with Gasteiger partial charge in [0.25, 0.3) is 0 Å². The van der Waals surface area contributed by atoms with Crippen LogP contribution >= 0.6 is 0 Å². The van der Waals surface area contributed by atoms with Gasteiger partial charge in [-0.2, -0.15) is 0 Å². The predicted molar refractivity (Wildman–Crippen MR) is 115 cm³/mol. The number of rotatable bonds is 9. The topological polar surface area (TPSA) is 46.1 Å². The molecule has 0 spiro atoms. The van der Waals surface area contributed by atoms with E-state index in [1.165, 1.54) is 30.4 Å². The average Bonchev–Trinajstić information content (AvgIpc) is 3.20. The molecule has 1 saturated heterocycles. The predicted octanol–water partition coefficient (Wildman–Crippen LogP) is 3.79. The van der Waals surface area contributed by atoms with Crippen molar-refractivity contribution in [3.8, 4) is 0 Å². The van der Waals surface area contributed by atoms with Gasteiger partial charge in [0.2, 0.25) is 0 Å². The van der Waals surface area contributed by atoms with Crippen molar-refractivity contribution in [2.45, 2.75) is 52.1 Å². The first-order chi connectivity index (χ1) is 13.8. The molecule has 5 heteroatoms. The minimum absolute atomic E-state index is 0.264. The third-order valence-corrected chi connectivity index (χ3v) is 5.68. The molecule has 1 heterocycles. The number of nitrogens with zero attached hydrogens (tertiary/aromatic N) is 2. The van der Waals surface area contributed by atoms with Gasteiger partial charge in [0.05, 0.1) is 12.7 Å². The van der Waals surface area contributed by atoms with Gasteiger partial charge >= 0.3 is 0 Å². The van der Waals surface area contributed by atoms with Crippen molar-refractivity contribution in [1.29, 1.82) is 0 Å². The second kappa shape index (κ2) is 11.4. The second-order valence-corrected chi connectivity index (χ2v) is 7.80. The molecular weight excluding hydrogens is 350 g/mol. The molecule has 3 rings (SSSR count). The van der Waals surface area contributed by atoms with Crippen molar-refractivity contribution < 1.29 is 9.47 Å². The summed E-state index contributed by atoms with van der Waals surface area (Å²) >= 11 is 0. The van der Waals surface area contributed by atoms with Crippen LogP contribution in [0, 0.1) is 5.92 Å². The molecule has 1 aliphatic carbocycles. The Morgan fingerprint density at radius 3 is 3.00 bits per heavy atom. The lowest BCUT2D eigenvalue weighted by Crippen LogP contribution is -2.40. The zero-order valence-corrected chi connectivity index (χ0v) is 17.7. The number of hydrogen-bond donors (Lipinski definition) is 1. The van der Waals surface area contributed by atoms with Gasteiger partial charge in [-0.05, 0) is 57.1 Å². The van der Waals surface area contributed by atoms with E-state index in [2.05, 4.69) is 48.3 Å². The summed E-state index contributed by atoms with van der Waals surface area (Å²) in [7, 11) is 0. The van der Waals surface area contributed by atoms with Crippen molar-refractivity contribution in [2.75, 3.05) is 46.0 Å². The summed E-state index contributed by atoms with van der Waals surface area (Å²) in [5.74, 6) is 1.67. The van der Waals surface area contributed by atoms with Crippen LogP contribution in [-0.2, 0) is 15.9 Å². The number of fused-ring (bicyclic) bond motifs is 1. The highest BCUT2D eigenvalue weighted by molar-refractivity contribution is 5.80. The highest BCUT2D eigenvalue weighted by atomic mass is 16.5. The van der Waals surface area contributed by atoms with Crippen LogP contribution in [0.5, 0.6) is 0 Å². The van der Waals surface area contributed by atoms with Crippen LogP contribution in [0.25, 0.3) is 0 Å². The third-order valence-electron chi connectivity index (χ3n) is 5.68. The summed E-state index contributed by atoms with van der Waals surface area (Å²) in [6.45, 7) is 10.5. The Balaban J connectivity index is 1.42. The minimum atomic E-state index is 0.264. The van der Waals surface area contributed by atoms with Crippen LogP contribution < -0.4 is 5.32 Å².